The van der Waals surface area contributed by atoms with E-state index in [1.54, 1.807) is 41.8 Å². The molecule has 3 aliphatic heterocycles. The molecule has 1 spiro atoms. The summed E-state index contributed by atoms with van der Waals surface area (Å²) in [5, 5.41) is 4.06. The van der Waals surface area contributed by atoms with Crippen molar-refractivity contribution >= 4 is 74.5 Å². The van der Waals surface area contributed by atoms with Crippen molar-refractivity contribution in [3.8, 4) is 0 Å². The van der Waals surface area contributed by atoms with E-state index in [0.29, 0.717) is 40.9 Å². The molecule has 3 atom stereocenters. The summed E-state index contributed by atoms with van der Waals surface area (Å²) in [5.41, 5.74) is 0.142. The molecule has 1 N–H and O–H groups in total. The second-order valence-corrected chi connectivity index (χ2v) is 12.1. The predicted molar refractivity (Wildman–Crippen MR) is 140 cm³/mol. The van der Waals surface area contributed by atoms with E-state index in [-0.39, 0.29) is 18.4 Å². The van der Waals surface area contributed by atoms with Crippen LogP contribution in [0.25, 0.3) is 0 Å². The summed E-state index contributed by atoms with van der Waals surface area (Å²) in [7, 11) is 0. The third kappa shape index (κ3) is 4.35. The highest BCUT2D eigenvalue weighted by Crippen LogP contribution is 2.52. The zero-order valence-electron chi connectivity index (χ0n) is 18.7. The van der Waals surface area contributed by atoms with E-state index in [0.717, 1.165) is 10.0 Å². The number of anilines is 1. The highest BCUT2D eigenvalue weighted by molar-refractivity contribution is 9.10. The summed E-state index contributed by atoms with van der Waals surface area (Å²) in [6, 6.07) is 11.5. The van der Waals surface area contributed by atoms with Crippen LogP contribution in [0.4, 0.5) is 10.5 Å². The Balaban J connectivity index is 1.52. The van der Waals surface area contributed by atoms with Crippen molar-refractivity contribution in [3.05, 3.63) is 62.5 Å². The molecule has 2 aromatic rings. The SMILES string of the molecule is CCOC(=O)[C@H]1CSC2(CN3C(=O)N(c4cc(Cl)cc(Cl)c4)C(=O)[C@]3(Cc3ccc(Br)cc3)C2)N1. The first-order valence-corrected chi connectivity index (χ1v) is 13.6. The lowest BCUT2D eigenvalue weighted by Crippen LogP contribution is -2.50. The van der Waals surface area contributed by atoms with Crippen LogP contribution in [0.15, 0.2) is 46.9 Å². The van der Waals surface area contributed by atoms with Crippen LogP contribution in [0, 0.1) is 0 Å². The van der Waals surface area contributed by atoms with Crippen LogP contribution in [0.1, 0.15) is 18.9 Å². The molecule has 0 aliphatic carbocycles. The van der Waals surface area contributed by atoms with Crippen molar-refractivity contribution < 1.29 is 19.1 Å². The van der Waals surface area contributed by atoms with Crippen molar-refractivity contribution in [1.82, 2.24) is 10.2 Å². The zero-order chi connectivity index (χ0) is 25.0. The Labute approximate surface area is 225 Å². The van der Waals surface area contributed by atoms with Crippen LogP contribution < -0.4 is 10.2 Å². The molecule has 0 saturated carbocycles. The molecule has 11 heteroatoms. The first-order valence-electron chi connectivity index (χ1n) is 11.1. The van der Waals surface area contributed by atoms with Gasteiger partial charge in [-0.1, -0.05) is 51.3 Å². The number of fused-ring (bicyclic) bond motifs is 1. The summed E-state index contributed by atoms with van der Waals surface area (Å²) >= 11 is 17.4. The van der Waals surface area contributed by atoms with E-state index in [9.17, 15) is 14.4 Å². The highest BCUT2D eigenvalue weighted by Gasteiger charge is 2.67. The number of thioether (sulfide) groups is 1. The molecule has 184 valence electrons. The van der Waals surface area contributed by atoms with Gasteiger partial charge < -0.3 is 9.64 Å². The molecule has 7 nitrogen and oxygen atoms in total. The topological polar surface area (TPSA) is 79.0 Å². The van der Waals surface area contributed by atoms with Crippen LogP contribution in [-0.2, 0) is 20.7 Å². The number of rotatable bonds is 5. The molecule has 0 radical (unpaired) electrons. The Morgan fingerprint density at radius 1 is 1.20 bits per heavy atom. The van der Waals surface area contributed by atoms with E-state index < -0.39 is 22.5 Å². The molecule has 3 heterocycles. The minimum atomic E-state index is -1.12. The summed E-state index contributed by atoms with van der Waals surface area (Å²) in [6.45, 7) is 2.34. The number of ether oxygens (including phenoxy) is 1. The molecule has 0 aromatic heterocycles. The number of nitrogens with one attached hydrogen (secondary N) is 1. The predicted octanol–water partition coefficient (Wildman–Crippen LogP) is 4.87. The molecule has 3 fully saturated rings. The lowest BCUT2D eigenvalue weighted by Gasteiger charge is -2.29. The Morgan fingerprint density at radius 2 is 1.89 bits per heavy atom. The van der Waals surface area contributed by atoms with Gasteiger partial charge in [0.15, 0.2) is 0 Å². The van der Waals surface area contributed by atoms with Gasteiger partial charge in [-0.15, -0.1) is 11.8 Å². The Kier molecular flexibility index (Phi) is 6.59. The number of hydrogen-bond donors (Lipinski definition) is 1. The van der Waals surface area contributed by atoms with Gasteiger partial charge >= 0.3 is 12.0 Å². The molecule has 3 saturated heterocycles. The number of esters is 1. The standard InChI is InChI=1S/C24H22BrCl2N3O4S/c1-2-34-20(31)19-11-35-24(28-19)12-23(10-14-3-5-15(25)6-4-14)21(32)30(22(33)29(23)13-24)18-8-16(26)7-17(27)9-18/h3-9,19,28H,2,10-13H2,1H3/t19-,23+,24?/m1/s1. The average molecular weight is 599 g/mol. The first-order chi connectivity index (χ1) is 16.7. The quantitative estimate of drug-likeness (QED) is 0.391. The fraction of sp³-hybridized carbons (Fsp3) is 0.375. The van der Waals surface area contributed by atoms with Gasteiger partial charge in [-0.25, -0.2) is 9.69 Å². The van der Waals surface area contributed by atoms with Crippen LogP contribution in [0.5, 0.6) is 0 Å². The van der Waals surface area contributed by atoms with Crippen LogP contribution in [0.3, 0.4) is 0 Å². The zero-order valence-corrected chi connectivity index (χ0v) is 22.6. The number of carbonyl (C=O) groups is 3. The van der Waals surface area contributed by atoms with E-state index >= 15 is 0 Å². The number of urea groups is 1. The number of nitrogens with zero attached hydrogens (tertiary/aromatic N) is 2. The molecular weight excluding hydrogens is 577 g/mol. The minimum absolute atomic E-state index is 0.277. The normalized spacial score (nSPS) is 27.7. The Morgan fingerprint density at radius 3 is 2.54 bits per heavy atom. The van der Waals surface area contributed by atoms with Gasteiger partial charge in [-0.3, -0.25) is 14.9 Å². The molecule has 1 unspecified atom stereocenters. The third-order valence-electron chi connectivity index (χ3n) is 6.58. The number of amides is 3. The Hall–Kier alpha value is -1.78. The molecule has 2 aromatic carbocycles. The maximum Gasteiger partial charge on any atom is 0.332 e. The number of imide groups is 1. The van der Waals surface area contributed by atoms with E-state index in [2.05, 4.69) is 21.2 Å². The van der Waals surface area contributed by atoms with Gasteiger partial charge in [0.1, 0.15) is 11.6 Å². The number of carbonyl (C=O) groups excluding carboxylic acids is 3. The molecule has 3 aliphatic rings. The number of benzene rings is 2. The fourth-order valence-corrected chi connectivity index (χ4v) is 7.44. The summed E-state index contributed by atoms with van der Waals surface area (Å²) in [6.07, 6.45) is 0.690. The largest absolute Gasteiger partial charge is 0.465 e. The first kappa shape index (κ1) is 24.9. The van der Waals surface area contributed by atoms with Crippen molar-refractivity contribution in [3.63, 3.8) is 0 Å². The molecule has 3 amide bonds. The van der Waals surface area contributed by atoms with Gasteiger partial charge in [0.05, 0.1) is 23.7 Å². The monoisotopic (exact) mass is 597 g/mol. The fourth-order valence-electron chi connectivity index (χ4n) is 5.16. The Bertz CT molecular complexity index is 1200. The van der Waals surface area contributed by atoms with Crippen LogP contribution in [-0.4, -0.2) is 58.2 Å². The van der Waals surface area contributed by atoms with Gasteiger partial charge in [-0.2, -0.15) is 0 Å². The average Bonchev–Trinajstić information content (AvgIpc) is 3.41. The lowest BCUT2D eigenvalue weighted by atomic mass is 9.86. The van der Waals surface area contributed by atoms with Gasteiger partial charge in [0.2, 0.25) is 0 Å². The van der Waals surface area contributed by atoms with Crippen molar-refractivity contribution in [2.45, 2.75) is 36.2 Å². The summed E-state index contributed by atoms with van der Waals surface area (Å²) in [4.78, 5) is 42.4. The molecule has 0 bridgehead atoms. The second kappa shape index (κ2) is 9.27. The van der Waals surface area contributed by atoms with Crippen LogP contribution in [0.2, 0.25) is 10.0 Å². The highest BCUT2D eigenvalue weighted by atomic mass is 79.9. The second-order valence-electron chi connectivity index (χ2n) is 8.90. The molecular formula is C24H22BrCl2N3O4S. The van der Waals surface area contributed by atoms with Gasteiger partial charge in [0, 0.05) is 33.1 Å². The van der Waals surface area contributed by atoms with Gasteiger partial charge in [-0.05, 0) is 42.8 Å². The van der Waals surface area contributed by atoms with Crippen molar-refractivity contribution in [1.29, 1.82) is 0 Å². The minimum Gasteiger partial charge on any atom is -0.465 e. The van der Waals surface area contributed by atoms with E-state index in [1.807, 2.05) is 24.3 Å². The van der Waals surface area contributed by atoms with E-state index in [1.165, 1.54) is 4.90 Å². The van der Waals surface area contributed by atoms with Crippen LogP contribution >= 0.6 is 50.9 Å². The van der Waals surface area contributed by atoms with Gasteiger partial charge in [0.25, 0.3) is 5.91 Å². The smallest absolute Gasteiger partial charge is 0.332 e. The lowest BCUT2D eigenvalue weighted by molar-refractivity contribution is -0.145. The maximum atomic E-state index is 14.1. The number of hydrogen-bond acceptors (Lipinski definition) is 6. The van der Waals surface area contributed by atoms with E-state index in [4.69, 9.17) is 27.9 Å². The third-order valence-corrected chi connectivity index (χ3v) is 8.99. The van der Waals surface area contributed by atoms with Crippen molar-refractivity contribution in [2.24, 2.45) is 0 Å². The summed E-state index contributed by atoms with van der Waals surface area (Å²) in [5.74, 6) is -0.141. The molecule has 5 rings (SSSR count). The van der Waals surface area contributed by atoms with Crippen molar-refractivity contribution in [2.75, 3.05) is 23.8 Å². The maximum absolute atomic E-state index is 14.1. The number of halogens is 3. The molecule has 35 heavy (non-hydrogen) atoms. The summed E-state index contributed by atoms with van der Waals surface area (Å²) < 4.78 is 6.12.